The van der Waals surface area contributed by atoms with Crippen molar-refractivity contribution in [3.63, 3.8) is 0 Å². The monoisotopic (exact) mass is 302 g/mol. The van der Waals surface area contributed by atoms with Crippen LogP contribution >= 0.6 is 0 Å². The Morgan fingerprint density at radius 3 is 2.50 bits per heavy atom. The minimum absolute atomic E-state index is 0.184. The fourth-order valence-corrected chi connectivity index (χ4v) is 2.33. The van der Waals surface area contributed by atoms with Crippen molar-refractivity contribution < 1.29 is 19.1 Å². The van der Waals surface area contributed by atoms with Gasteiger partial charge in [0.2, 0.25) is 11.8 Å². The van der Waals surface area contributed by atoms with Crippen LogP contribution < -0.4 is 10.6 Å². The van der Waals surface area contributed by atoms with Crippen LogP contribution in [0.5, 0.6) is 0 Å². The molecular weight excluding hydrogens is 284 g/mol. The number of benzene rings is 1. The molecule has 2 N–H and O–H groups in total. The third-order valence-electron chi connectivity index (χ3n) is 4.07. The number of hydrogen-bond acceptors (Lipinski definition) is 4. The molecule has 2 saturated carbocycles. The van der Waals surface area contributed by atoms with Crippen LogP contribution in [0.3, 0.4) is 0 Å². The number of hydrogen-bond donors (Lipinski definition) is 2. The molecule has 0 aromatic heterocycles. The average molecular weight is 302 g/mol. The van der Waals surface area contributed by atoms with E-state index in [1.165, 1.54) is 7.11 Å². The highest BCUT2D eigenvalue weighted by Gasteiger charge is 2.57. The molecule has 6 heteroatoms. The molecule has 0 unspecified atom stereocenters. The molecule has 6 nitrogen and oxygen atoms in total. The Kier molecular flexibility index (Phi) is 3.60. The normalized spacial score (nSPS) is 18.2. The van der Waals surface area contributed by atoms with Gasteiger partial charge in [0.15, 0.2) is 0 Å². The summed E-state index contributed by atoms with van der Waals surface area (Å²) in [4.78, 5) is 36.1. The van der Waals surface area contributed by atoms with Crippen molar-refractivity contribution in [2.75, 3.05) is 12.4 Å². The summed E-state index contributed by atoms with van der Waals surface area (Å²) in [6.45, 7) is 0. The zero-order chi connectivity index (χ0) is 15.7. The van der Waals surface area contributed by atoms with E-state index in [2.05, 4.69) is 15.4 Å². The number of carbonyl (C=O) groups is 3. The number of methoxy groups -OCH3 is 1. The molecule has 22 heavy (non-hydrogen) atoms. The van der Waals surface area contributed by atoms with Gasteiger partial charge in [0.25, 0.3) is 0 Å². The lowest BCUT2D eigenvalue weighted by Crippen LogP contribution is -2.40. The summed E-state index contributed by atoms with van der Waals surface area (Å²) in [6, 6.07) is 6.72. The molecule has 2 aliphatic carbocycles. The molecule has 0 saturated heterocycles. The number of rotatable bonds is 5. The predicted octanol–water partition coefficient (Wildman–Crippen LogP) is 1.47. The van der Waals surface area contributed by atoms with Gasteiger partial charge < -0.3 is 15.4 Å². The average Bonchev–Trinajstić information content (AvgIpc) is 3.40. The molecule has 0 atom stereocenters. The van der Waals surface area contributed by atoms with E-state index < -0.39 is 11.4 Å². The van der Waals surface area contributed by atoms with Crippen LogP contribution in [0.2, 0.25) is 0 Å². The molecule has 2 amide bonds. The smallest absolute Gasteiger partial charge is 0.337 e. The maximum absolute atomic E-state index is 12.4. The first-order chi connectivity index (χ1) is 10.5. The summed E-state index contributed by atoms with van der Waals surface area (Å²) >= 11 is 0. The molecule has 1 aromatic carbocycles. The van der Waals surface area contributed by atoms with Crippen LogP contribution in [0.4, 0.5) is 5.69 Å². The van der Waals surface area contributed by atoms with Gasteiger partial charge in [-0.15, -0.1) is 0 Å². The maximum Gasteiger partial charge on any atom is 0.337 e. The molecule has 0 spiro atoms. The first-order valence-corrected chi connectivity index (χ1v) is 7.36. The molecule has 0 bridgehead atoms. The zero-order valence-electron chi connectivity index (χ0n) is 12.3. The number of amides is 2. The van der Waals surface area contributed by atoms with Gasteiger partial charge in [-0.3, -0.25) is 9.59 Å². The number of ether oxygens (including phenoxy) is 1. The SMILES string of the molecule is COC(=O)c1cccc(NC(=O)C2(C(=O)NC3CC3)CC2)c1. The third-order valence-corrected chi connectivity index (χ3v) is 4.07. The Hall–Kier alpha value is -2.37. The minimum atomic E-state index is -0.941. The van der Waals surface area contributed by atoms with Crippen LogP contribution in [-0.4, -0.2) is 30.9 Å². The van der Waals surface area contributed by atoms with Crippen molar-refractivity contribution in [1.82, 2.24) is 5.32 Å². The summed E-state index contributed by atoms with van der Waals surface area (Å²) in [6.07, 6.45) is 3.11. The fraction of sp³-hybridized carbons (Fsp3) is 0.438. The lowest BCUT2D eigenvalue weighted by atomic mass is 10.0. The Morgan fingerprint density at radius 1 is 1.18 bits per heavy atom. The van der Waals surface area contributed by atoms with Gasteiger partial charge in [-0.2, -0.15) is 0 Å². The summed E-state index contributed by atoms with van der Waals surface area (Å²) < 4.78 is 4.65. The van der Waals surface area contributed by atoms with E-state index in [-0.39, 0.29) is 17.9 Å². The van der Waals surface area contributed by atoms with Gasteiger partial charge in [0, 0.05) is 11.7 Å². The highest BCUT2D eigenvalue weighted by atomic mass is 16.5. The Labute approximate surface area is 128 Å². The first kappa shape index (κ1) is 14.6. The van der Waals surface area contributed by atoms with Crippen LogP contribution in [0.25, 0.3) is 0 Å². The predicted molar refractivity (Wildman–Crippen MR) is 79.2 cm³/mol. The second-order valence-electron chi connectivity index (χ2n) is 5.86. The third kappa shape index (κ3) is 2.81. The summed E-state index contributed by atoms with van der Waals surface area (Å²) in [5.74, 6) is -0.965. The van der Waals surface area contributed by atoms with E-state index >= 15 is 0 Å². The Bertz CT molecular complexity index is 633. The Balaban J connectivity index is 1.68. The highest BCUT2D eigenvalue weighted by molar-refractivity contribution is 6.13. The van der Waals surface area contributed by atoms with Crippen LogP contribution in [0.15, 0.2) is 24.3 Å². The van der Waals surface area contributed by atoms with E-state index in [0.29, 0.717) is 24.1 Å². The maximum atomic E-state index is 12.4. The van der Waals surface area contributed by atoms with Gasteiger partial charge in [0.1, 0.15) is 5.41 Å². The second-order valence-corrected chi connectivity index (χ2v) is 5.86. The van der Waals surface area contributed by atoms with E-state index in [1.54, 1.807) is 24.3 Å². The summed E-state index contributed by atoms with van der Waals surface area (Å²) in [7, 11) is 1.30. The Morgan fingerprint density at radius 2 is 1.91 bits per heavy atom. The quantitative estimate of drug-likeness (QED) is 0.637. The molecule has 2 fully saturated rings. The van der Waals surface area contributed by atoms with E-state index in [0.717, 1.165) is 12.8 Å². The van der Waals surface area contributed by atoms with E-state index in [9.17, 15) is 14.4 Å². The standard InChI is InChI=1S/C16H18N2O4/c1-22-13(19)10-3-2-4-12(9-10)18-15(21)16(7-8-16)14(20)17-11-5-6-11/h2-4,9,11H,5-8H2,1H3,(H,17,20)(H,18,21). The van der Waals surface area contributed by atoms with Crippen molar-refractivity contribution in [2.45, 2.75) is 31.7 Å². The fourth-order valence-electron chi connectivity index (χ4n) is 2.33. The largest absolute Gasteiger partial charge is 0.465 e. The van der Waals surface area contributed by atoms with Crippen LogP contribution in [-0.2, 0) is 14.3 Å². The van der Waals surface area contributed by atoms with Crippen molar-refractivity contribution in [3.05, 3.63) is 29.8 Å². The van der Waals surface area contributed by atoms with Gasteiger partial charge >= 0.3 is 5.97 Å². The van der Waals surface area contributed by atoms with E-state index in [4.69, 9.17) is 0 Å². The number of esters is 1. The second kappa shape index (κ2) is 5.44. The van der Waals surface area contributed by atoms with Crippen molar-refractivity contribution in [2.24, 2.45) is 5.41 Å². The molecule has 2 aliphatic rings. The van der Waals surface area contributed by atoms with Crippen molar-refractivity contribution in [1.29, 1.82) is 0 Å². The van der Waals surface area contributed by atoms with Crippen molar-refractivity contribution >= 4 is 23.5 Å². The number of nitrogens with one attached hydrogen (secondary N) is 2. The molecule has 0 heterocycles. The summed E-state index contributed by atoms with van der Waals surface area (Å²) in [5, 5.41) is 5.62. The van der Waals surface area contributed by atoms with Gasteiger partial charge in [-0.25, -0.2) is 4.79 Å². The lowest BCUT2D eigenvalue weighted by Gasteiger charge is -2.15. The molecule has 116 valence electrons. The zero-order valence-corrected chi connectivity index (χ0v) is 12.3. The van der Waals surface area contributed by atoms with Gasteiger partial charge in [-0.1, -0.05) is 6.07 Å². The molecular formula is C16H18N2O4. The van der Waals surface area contributed by atoms with Crippen LogP contribution in [0.1, 0.15) is 36.0 Å². The van der Waals surface area contributed by atoms with Gasteiger partial charge in [-0.05, 0) is 43.9 Å². The van der Waals surface area contributed by atoms with Crippen molar-refractivity contribution in [3.8, 4) is 0 Å². The van der Waals surface area contributed by atoms with Gasteiger partial charge in [0.05, 0.1) is 12.7 Å². The topological polar surface area (TPSA) is 84.5 Å². The highest BCUT2D eigenvalue weighted by Crippen LogP contribution is 2.47. The molecule has 0 aliphatic heterocycles. The van der Waals surface area contributed by atoms with E-state index in [1.807, 2.05) is 0 Å². The first-order valence-electron chi connectivity index (χ1n) is 7.36. The lowest BCUT2D eigenvalue weighted by molar-refractivity contribution is -0.134. The van der Waals surface area contributed by atoms with Crippen LogP contribution in [0, 0.1) is 5.41 Å². The molecule has 0 radical (unpaired) electrons. The minimum Gasteiger partial charge on any atom is -0.465 e. The molecule has 3 rings (SSSR count). The number of carbonyl (C=O) groups excluding carboxylic acids is 3. The molecule has 1 aromatic rings. The summed E-state index contributed by atoms with van der Waals surface area (Å²) in [5.41, 5.74) is -0.102. The number of anilines is 1.